The Hall–Kier alpha value is -2.93. The lowest BCUT2D eigenvalue weighted by Crippen LogP contribution is -2.35. The molecule has 0 saturated carbocycles. The highest BCUT2D eigenvalue weighted by Crippen LogP contribution is 2.33. The summed E-state index contributed by atoms with van der Waals surface area (Å²) in [6.07, 6.45) is 2.91. The Morgan fingerprint density at radius 3 is 2.45 bits per heavy atom. The second-order valence-corrected chi connectivity index (χ2v) is 8.27. The van der Waals surface area contributed by atoms with Crippen LogP contribution < -0.4 is 10.6 Å². The van der Waals surface area contributed by atoms with E-state index in [1.165, 1.54) is 11.3 Å². The molecule has 0 aliphatic rings. The molecule has 0 radical (unpaired) electrons. The number of hydrogen-bond acceptors (Lipinski definition) is 4. The fourth-order valence-electron chi connectivity index (χ4n) is 2.85. The third-order valence-corrected chi connectivity index (χ3v) is 5.85. The van der Waals surface area contributed by atoms with E-state index in [9.17, 15) is 9.59 Å². The predicted octanol–water partition coefficient (Wildman–Crippen LogP) is 4.73. The van der Waals surface area contributed by atoms with Crippen LogP contribution in [0.15, 0.2) is 72.4 Å². The van der Waals surface area contributed by atoms with Gasteiger partial charge in [0.05, 0.1) is 0 Å². The summed E-state index contributed by atoms with van der Waals surface area (Å²) < 4.78 is 0. The normalized spacial score (nSPS) is 11.2. The maximum absolute atomic E-state index is 12.7. The van der Waals surface area contributed by atoms with E-state index < -0.39 is 0 Å². The van der Waals surface area contributed by atoms with Crippen LogP contribution in [-0.4, -0.2) is 30.1 Å². The number of unbranched alkanes of at least 4 members (excludes halogenated alkanes) is 1. The van der Waals surface area contributed by atoms with E-state index in [1.54, 1.807) is 30.3 Å². The van der Waals surface area contributed by atoms with E-state index >= 15 is 0 Å². The van der Waals surface area contributed by atoms with Crippen molar-refractivity contribution >= 4 is 40.8 Å². The van der Waals surface area contributed by atoms with Gasteiger partial charge in [0.25, 0.3) is 11.8 Å². The molecule has 0 aliphatic carbocycles. The second-order valence-electron chi connectivity index (χ2n) is 6.75. The van der Waals surface area contributed by atoms with Gasteiger partial charge in [-0.05, 0) is 49.2 Å². The first kappa shape index (κ1) is 22.7. The maximum atomic E-state index is 12.7. The highest BCUT2D eigenvalue weighted by Gasteiger charge is 2.15. The molecule has 3 aromatic rings. The summed E-state index contributed by atoms with van der Waals surface area (Å²) >= 11 is 7.77. The van der Waals surface area contributed by atoms with Crippen molar-refractivity contribution in [1.29, 1.82) is 0 Å². The number of carbonyl (C=O) groups is 2. The van der Waals surface area contributed by atoms with Gasteiger partial charge in [0.15, 0.2) is 0 Å². The van der Waals surface area contributed by atoms with Crippen LogP contribution in [0.2, 0.25) is 5.02 Å². The zero-order valence-corrected chi connectivity index (χ0v) is 18.4. The lowest BCUT2D eigenvalue weighted by atomic mass is 10.2. The van der Waals surface area contributed by atoms with Crippen molar-refractivity contribution in [3.63, 3.8) is 0 Å². The molecule has 1 heterocycles. The molecule has 0 saturated heterocycles. The van der Waals surface area contributed by atoms with E-state index in [4.69, 9.17) is 16.7 Å². The highest BCUT2D eigenvalue weighted by molar-refractivity contribution is 7.16. The molecule has 160 valence electrons. The van der Waals surface area contributed by atoms with Crippen LogP contribution in [0.1, 0.15) is 28.1 Å². The molecule has 0 bridgehead atoms. The molecule has 0 fully saturated rings. The van der Waals surface area contributed by atoms with Crippen molar-refractivity contribution in [2.24, 2.45) is 0 Å². The summed E-state index contributed by atoms with van der Waals surface area (Å²) in [6.45, 7) is 0.483. The summed E-state index contributed by atoms with van der Waals surface area (Å²) in [7, 11) is 0. The summed E-state index contributed by atoms with van der Waals surface area (Å²) in [5.41, 5.74) is 1.53. The van der Waals surface area contributed by atoms with Crippen LogP contribution in [0.25, 0.3) is 16.5 Å². The molecule has 3 N–H and O–H groups in total. The second kappa shape index (κ2) is 11.5. The van der Waals surface area contributed by atoms with Crippen LogP contribution in [0.3, 0.4) is 0 Å². The van der Waals surface area contributed by atoms with Crippen LogP contribution >= 0.6 is 22.9 Å². The quantitative estimate of drug-likeness (QED) is 0.323. The van der Waals surface area contributed by atoms with Gasteiger partial charge in [0.1, 0.15) is 5.70 Å². The van der Waals surface area contributed by atoms with E-state index in [0.29, 0.717) is 30.0 Å². The molecule has 0 unspecified atom stereocenters. The van der Waals surface area contributed by atoms with E-state index in [2.05, 4.69) is 10.6 Å². The van der Waals surface area contributed by atoms with Gasteiger partial charge >= 0.3 is 0 Å². The number of halogens is 1. The van der Waals surface area contributed by atoms with Crippen molar-refractivity contribution in [1.82, 2.24) is 10.6 Å². The molecule has 0 spiro atoms. The van der Waals surface area contributed by atoms with Gasteiger partial charge in [-0.3, -0.25) is 9.59 Å². The first-order valence-corrected chi connectivity index (χ1v) is 11.1. The number of benzene rings is 2. The third-order valence-electron chi connectivity index (χ3n) is 4.45. The lowest BCUT2D eigenvalue weighted by Gasteiger charge is -2.11. The van der Waals surface area contributed by atoms with E-state index in [-0.39, 0.29) is 24.1 Å². The molecule has 0 atom stereocenters. The van der Waals surface area contributed by atoms with Gasteiger partial charge in [-0.15, -0.1) is 11.3 Å². The molecule has 3 rings (SSSR count). The molecule has 31 heavy (non-hydrogen) atoms. The lowest BCUT2D eigenvalue weighted by molar-refractivity contribution is -0.117. The number of amides is 2. The minimum absolute atomic E-state index is 0.0727. The molecule has 2 aromatic carbocycles. The largest absolute Gasteiger partial charge is 0.396 e. The Labute approximate surface area is 190 Å². The van der Waals surface area contributed by atoms with Crippen molar-refractivity contribution in [2.45, 2.75) is 12.8 Å². The van der Waals surface area contributed by atoms with Crippen molar-refractivity contribution in [2.75, 3.05) is 13.2 Å². The Bertz CT molecular complexity index is 1060. The molecule has 5 nitrogen and oxygen atoms in total. The molecule has 7 heteroatoms. The Morgan fingerprint density at radius 1 is 0.968 bits per heavy atom. The van der Waals surface area contributed by atoms with Gasteiger partial charge in [-0.1, -0.05) is 48.0 Å². The van der Waals surface area contributed by atoms with Crippen LogP contribution in [0.5, 0.6) is 0 Å². The topological polar surface area (TPSA) is 78.4 Å². The number of aliphatic hydroxyl groups excluding tert-OH is 1. The van der Waals surface area contributed by atoms with Crippen molar-refractivity contribution < 1.29 is 14.7 Å². The zero-order valence-electron chi connectivity index (χ0n) is 16.8. The SMILES string of the molecule is O=C(NCCCCO)/C(=C\c1ccc(-c2ccccc2Cl)s1)NC(=O)c1ccccc1. The van der Waals surface area contributed by atoms with Crippen LogP contribution in [0.4, 0.5) is 0 Å². The fraction of sp³-hybridized carbons (Fsp3) is 0.167. The summed E-state index contributed by atoms with van der Waals surface area (Å²) in [6, 6.07) is 20.1. The monoisotopic (exact) mass is 454 g/mol. The number of rotatable bonds is 9. The average Bonchev–Trinajstić information content (AvgIpc) is 3.25. The maximum Gasteiger partial charge on any atom is 0.267 e. The third kappa shape index (κ3) is 6.52. The Balaban J connectivity index is 1.83. The zero-order chi connectivity index (χ0) is 22.1. The van der Waals surface area contributed by atoms with E-state index in [1.807, 2.05) is 42.5 Å². The van der Waals surface area contributed by atoms with Gasteiger partial charge in [0, 0.05) is 39.1 Å². The fourth-order valence-corrected chi connectivity index (χ4v) is 4.14. The van der Waals surface area contributed by atoms with Crippen molar-refractivity contribution in [3.8, 4) is 10.4 Å². The van der Waals surface area contributed by atoms with Crippen LogP contribution in [0, 0.1) is 0 Å². The van der Waals surface area contributed by atoms with Gasteiger partial charge < -0.3 is 15.7 Å². The summed E-state index contributed by atoms with van der Waals surface area (Å²) in [4.78, 5) is 27.1. The Kier molecular flexibility index (Phi) is 8.41. The number of hydrogen-bond donors (Lipinski definition) is 3. The minimum Gasteiger partial charge on any atom is -0.396 e. The highest BCUT2D eigenvalue weighted by atomic mass is 35.5. The summed E-state index contributed by atoms with van der Waals surface area (Å²) in [5.74, 6) is -0.741. The smallest absolute Gasteiger partial charge is 0.267 e. The minimum atomic E-state index is -0.380. The predicted molar refractivity (Wildman–Crippen MR) is 126 cm³/mol. The van der Waals surface area contributed by atoms with Crippen molar-refractivity contribution in [3.05, 3.63) is 87.9 Å². The number of nitrogens with one attached hydrogen (secondary N) is 2. The molecule has 0 aliphatic heterocycles. The van der Waals surface area contributed by atoms with Gasteiger partial charge in [0.2, 0.25) is 0 Å². The average molecular weight is 455 g/mol. The molecular weight excluding hydrogens is 432 g/mol. The van der Waals surface area contributed by atoms with Gasteiger partial charge in [-0.2, -0.15) is 0 Å². The first-order valence-electron chi connectivity index (χ1n) is 9.90. The number of carbonyl (C=O) groups excluding carboxylic acids is 2. The number of aliphatic hydroxyl groups is 1. The first-order chi connectivity index (χ1) is 15.1. The summed E-state index contributed by atoms with van der Waals surface area (Å²) in [5, 5.41) is 15.1. The van der Waals surface area contributed by atoms with Gasteiger partial charge in [-0.25, -0.2) is 0 Å². The Morgan fingerprint density at radius 2 is 1.71 bits per heavy atom. The number of thiophene rings is 1. The van der Waals surface area contributed by atoms with E-state index in [0.717, 1.165) is 15.3 Å². The molecular formula is C24H23ClN2O3S. The molecule has 2 amide bonds. The van der Waals surface area contributed by atoms with Crippen LogP contribution in [-0.2, 0) is 4.79 Å². The molecule has 1 aromatic heterocycles. The standard InChI is InChI=1S/C24H23ClN2O3S/c25-20-11-5-4-10-19(20)22-13-12-18(31-22)16-21(24(30)26-14-6-7-15-28)27-23(29)17-8-2-1-3-9-17/h1-5,8-13,16,28H,6-7,14-15H2,(H,26,30)(H,27,29)/b21-16+.